The molecule has 1 aromatic heterocycles. The average Bonchev–Trinajstić information content (AvgIpc) is 2.73. The molecule has 0 amide bonds. The maximum atomic E-state index is 5.86. The summed E-state index contributed by atoms with van der Waals surface area (Å²) in [4.78, 5) is 10.8. The molecule has 28 heavy (non-hydrogen) atoms. The third kappa shape index (κ3) is 5.20. The number of benzene rings is 1. The minimum absolute atomic E-state index is 0.574. The summed E-state index contributed by atoms with van der Waals surface area (Å²) < 4.78 is 5.86. The van der Waals surface area contributed by atoms with Gasteiger partial charge < -0.3 is 20.3 Å². The Bertz CT molecular complexity index is 739. The van der Waals surface area contributed by atoms with Crippen LogP contribution in [0.25, 0.3) is 11.1 Å². The number of ether oxygens (including phenoxy) is 1. The summed E-state index contributed by atoms with van der Waals surface area (Å²) in [6.45, 7) is 3.51. The summed E-state index contributed by atoms with van der Waals surface area (Å²) in [5, 5.41) is 7.14. The van der Waals surface area contributed by atoms with E-state index in [1.54, 1.807) is 0 Å². The molecule has 2 N–H and O–H groups in total. The molecule has 6 nitrogen and oxygen atoms in total. The van der Waals surface area contributed by atoms with Crippen molar-refractivity contribution in [2.45, 2.75) is 51.2 Å². The fourth-order valence-corrected chi connectivity index (χ4v) is 3.74. The average molecular weight is 384 g/mol. The van der Waals surface area contributed by atoms with E-state index in [1.807, 2.05) is 38.3 Å². The normalized spacial score (nSPS) is 19.4. The number of hydrogen-bond donors (Lipinski definition) is 2. The lowest BCUT2D eigenvalue weighted by Crippen LogP contribution is -2.38. The Balaban J connectivity index is 1.72. The lowest BCUT2D eigenvalue weighted by Gasteiger charge is -2.29. The summed E-state index contributed by atoms with van der Waals surface area (Å²) in [5.41, 5.74) is 3.32. The van der Waals surface area contributed by atoms with Crippen LogP contribution >= 0.6 is 0 Å². The third-order valence-corrected chi connectivity index (χ3v) is 5.45. The first-order chi connectivity index (χ1) is 13.6. The van der Waals surface area contributed by atoms with Crippen molar-refractivity contribution in [3.05, 3.63) is 36.2 Å². The van der Waals surface area contributed by atoms with Gasteiger partial charge in [0.15, 0.2) is 0 Å². The first kappa shape index (κ1) is 20.6. The van der Waals surface area contributed by atoms with Gasteiger partial charge in [-0.25, -0.2) is 9.97 Å². The number of nitrogens with one attached hydrogen (secondary N) is 2. The first-order valence-electron chi connectivity index (χ1n) is 10.3. The van der Waals surface area contributed by atoms with Crippen molar-refractivity contribution in [1.82, 2.24) is 20.6 Å². The van der Waals surface area contributed by atoms with Crippen LogP contribution in [0.1, 0.15) is 38.2 Å². The molecule has 1 heterocycles. The zero-order chi connectivity index (χ0) is 19.9. The van der Waals surface area contributed by atoms with Crippen LogP contribution < -0.4 is 20.3 Å². The van der Waals surface area contributed by atoms with Crippen LogP contribution in [0.2, 0.25) is 0 Å². The van der Waals surface area contributed by atoms with Gasteiger partial charge in [0.2, 0.25) is 5.95 Å². The van der Waals surface area contributed by atoms with Crippen LogP contribution in [0, 0.1) is 0 Å². The topological polar surface area (TPSA) is 62.3 Å². The maximum Gasteiger partial charge on any atom is 0.224 e. The standard InChI is InChI=1S/C22H33N5O/c1-5-28-21-11-6-16(18-14-25-22(26-15-18)27(3)4)12-17(21)13-24-20-9-7-19(23-2)8-10-20/h6,11-12,14-15,19-20,23-24H,5,7-10,13H2,1-4H3. The number of anilines is 1. The van der Waals surface area contributed by atoms with E-state index in [4.69, 9.17) is 4.74 Å². The molecule has 1 aliphatic carbocycles. The highest BCUT2D eigenvalue weighted by molar-refractivity contribution is 5.64. The molecule has 0 radical (unpaired) electrons. The van der Waals surface area contributed by atoms with Crippen LogP contribution in [0.5, 0.6) is 5.75 Å². The predicted molar refractivity (Wildman–Crippen MR) is 115 cm³/mol. The lowest BCUT2D eigenvalue weighted by molar-refractivity contribution is 0.310. The van der Waals surface area contributed by atoms with Crippen LogP contribution in [0.3, 0.4) is 0 Å². The molecule has 0 aliphatic heterocycles. The van der Waals surface area contributed by atoms with Crippen LogP contribution in [-0.2, 0) is 6.54 Å². The van der Waals surface area contributed by atoms with E-state index in [0.29, 0.717) is 24.6 Å². The molecule has 0 unspecified atom stereocenters. The number of nitrogens with zero attached hydrogens (tertiary/aromatic N) is 3. The van der Waals surface area contributed by atoms with E-state index < -0.39 is 0 Å². The Kier molecular flexibility index (Phi) is 7.23. The zero-order valence-electron chi connectivity index (χ0n) is 17.5. The molecule has 0 bridgehead atoms. The van der Waals surface area contributed by atoms with Gasteiger partial charge in [-0.05, 0) is 57.4 Å². The molecule has 2 aromatic rings. The van der Waals surface area contributed by atoms with E-state index >= 15 is 0 Å². The summed E-state index contributed by atoms with van der Waals surface area (Å²) in [6.07, 6.45) is 8.68. The van der Waals surface area contributed by atoms with Gasteiger partial charge in [0.1, 0.15) is 5.75 Å². The molecule has 3 rings (SSSR count). The van der Waals surface area contributed by atoms with Crippen molar-refractivity contribution >= 4 is 5.95 Å². The van der Waals surface area contributed by atoms with Crippen molar-refractivity contribution < 1.29 is 4.74 Å². The molecule has 0 spiro atoms. The first-order valence-corrected chi connectivity index (χ1v) is 10.3. The Morgan fingerprint density at radius 3 is 2.32 bits per heavy atom. The van der Waals surface area contributed by atoms with Crippen molar-refractivity contribution in [3.8, 4) is 16.9 Å². The molecular formula is C22H33N5O. The summed E-state index contributed by atoms with van der Waals surface area (Å²) in [5.74, 6) is 1.67. The molecule has 1 saturated carbocycles. The minimum Gasteiger partial charge on any atom is -0.494 e. The van der Waals surface area contributed by atoms with Crippen LogP contribution in [0.15, 0.2) is 30.6 Å². The van der Waals surface area contributed by atoms with E-state index in [9.17, 15) is 0 Å². The third-order valence-electron chi connectivity index (χ3n) is 5.45. The van der Waals surface area contributed by atoms with Crippen LogP contribution in [0.4, 0.5) is 5.95 Å². The quantitative estimate of drug-likeness (QED) is 0.730. The smallest absolute Gasteiger partial charge is 0.224 e. The number of aromatic nitrogens is 2. The predicted octanol–water partition coefficient (Wildman–Crippen LogP) is 3.23. The maximum absolute atomic E-state index is 5.86. The largest absolute Gasteiger partial charge is 0.494 e. The molecule has 152 valence electrons. The highest BCUT2D eigenvalue weighted by Crippen LogP contribution is 2.27. The second kappa shape index (κ2) is 9.85. The Morgan fingerprint density at radius 2 is 1.71 bits per heavy atom. The monoisotopic (exact) mass is 383 g/mol. The summed E-state index contributed by atoms with van der Waals surface area (Å²) in [6, 6.07) is 7.59. The summed E-state index contributed by atoms with van der Waals surface area (Å²) >= 11 is 0. The number of rotatable bonds is 8. The number of hydrogen-bond acceptors (Lipinski definition) is 6. The molecular weight excluding hydrogens is 350 g/mol. The second-order valence-electron chi connectivity index (χ2n) is 7.64. The fourth-order valence-electron chi connectivity index (χ4n) is 3.74. The van der Waals surface area contributed by atoms with Crippen molar-refractivity contribution in [2.75, 3.05) is 32.6 Å². The summed E-state index contributed by atoms with van der Waals surface area (Å²) in [7, 11) is 5.95. The fraction of sp³-hybridized carbons (Fsp3) is 0.545. The molecule has 1 aromatic carbocycles. The van der Waals surface area contributed by atoms with Gasteiger partial charge in [0.05, 0.1) is 6.61 Å². The van der Waals surface area contributed by atoms with Crippen LogP contribution in [-0.4, -0.2) is 49.8 Å². The van der Waals surface area contributed by atoms with E-state index in [1.165, 1.54) is 31.2 Å². The highest BCUT2D eigenvalue weighted by Gasteiger charge is 2.20. The molecule has 1 aliphatic rings. The van der Waals surface area contributed by atoms with Gasteiger partial charge in [-0.1, -0.05) is 6.07 Å². The lowest BCUT2D eigenvalue weighted by atomic mass is 9.91. The molecule has 0 saturated heterocycles. The van der Waals surface area contributed by atoms with Crippen molar-refractivity contribution in [3.63, 3.8) is 0 Å². The van der Waals surface area contributed by atoms with Gasteiger partial charge in [-0.3, -0.25) is 0 Å². The van der Waals surface area contributed by atoms with Crippen molar-refractivity contribution in [1.29, 1.82) is 0 Å². The van der Waals surface area contributed by atoms with Gasteiger partial charge in [0, 0.05) is 56.2 Å². The van der Waals surface area contributed by atoms with Crippen molar-refractivity contribution in [2.24, 2.45) is 0 Å². The molecule has 0 atom stereocenters. The second-order valence-corrected chi connectivity index (χ2v) is 7.64. The van der Waals surface area contributed by atoms with E-state index in [2.05, 4.69) is 45.8 Å². The van der Waals surface area contributed by atoms with E-state index in [0.717, 1.165) is 23.4 Å². The molecule has 6 heteroatoms. The molecule has 1 fully saturated rings. The SMILES string of the molecule is CCOc1ccc(-c2cnc(N(C)C)nc2)cc1CNC1CCC(NC)CC1. The Labute approximate surface area is 168 Å². The van der Waals surface area contributed by atoms with Gasteiger partial charge in [-0.15, -0.1) is 0 Å². The van der Waals surface area contributed by atoms with Gasteiger partial charge in [0.25, 0.3) is 0 Å². The zero-order valence-corrected chi connectivity index (χ0v) is 17.5. The minimum atomic E-state index is 0.574. The Morgan fingerprint density at radius 1 is 1.04 bits per heavy atom. The van der Waals surface area contributed by atoms with E-state index in [-0.39, 0.29) is 0 Å². The van der Waals surface area contributed by atoms with Gasteiger partial charge >= 0.3 is 0 Å². The highest BCUT2D eigenvalue weighted by atomic mass is 16.5. The van der Waals surface area contributed by atoms with Gasteiger partial charge in [-0.2, -0.15) is 0 Å². The Hall–Kier alpha value is -2.18.